The van der Waals surface area contributed by atoms with Gasteiger partial charge < -0.3 is 0 Å². The molecule has 0 radical (unpaired) electrons. The minimum atomic E-state index is -4.37. The Morgan fingerprint density at radius 1 is 1.23 bits per heavy atom. The molecule has 0 fully saturated rings. The fraction of sp³-hybridized carbons (Fsp3) is 1.00. The summed E-state index contributed by atoms with van der Waals surface area (Å²) >= 11 is 0. The van der Waals surface area contributed by atoms with Crippen molar-refractivity contribution in [2.24, 2.45) is 5.41 Å². The summed E-state index contributed by atoms with van der Waals surface area (Å²) in [4.78, 5) is 0. The molecule has 80 valence electrons. The molecule has 0 heterocycles. The molecule has 0 spiro atoms. The Labute approximate surface area is 79.5 Å². The molecule has 0 aliphatic heterocycles. The third kappa shape index (κ3) is 8.36. The van der Waals surface area contributed by atoms with Crippen molar-refractivity contribution < 1.29 is 21.6 Å². The van der Waals surface area contributed by atoms with E-state index in [1.54, 1.807) is 0 Å². The molecule has 0 aliphatic rings. The fourth-order valence-electron chi connectivity index (χ4n) is 1.06. The molecule has 0 unspecified atom stereocenters. The van der Waals surface area contributed by atoms with E-state index in [0.29, 0.717) is 0 Å². The van der Waals surface area contributed by atoms with E-state index in [1.807, 2.05) is 0 Å². The molecule has 0 bridgehead atoms. The highest BCUT2D eigenvalue weighted by Gasteiger charge is 2.38. The van der Waals surface area contributed by atoms with Gasteiger partial charge in [0.25, 0.3) is 0 Å². The monoisotopic (exact) mass is 238 g/mol. The maximum Gasteiger partial charge on any atom is 0.389 e. The summed E-state index contributed by atoms with van der Waals surface area (Å²) in [7, 11) is 0.969. The molecule has 0 N–H and O–H groups in total. The van der Waals surface area contributed by atoms with E-state index in [-0.39, 0.29) is 0 Å². The van der Waals surface area contributed by atoms with Gasteiger partial charge >= 0.3 is 6.18 Å². The second-order valence-corrected chi connectivity index (χ2v) is 6.42. The Kier molecular flexibility index (Phi) is 3.66. The maximum absolute atomic E-state index is 11.9. The number of halogens is 4. The van der Waals surface area contributed by atoms with E-state index < -0.39 is 32.8 Å². The van der Waals surface area contributed by atoms with E-state index in [0.717, 1.165) is 0 Å². The summed E-state index contributed by atoms with van der Waals surface area (Å²) in [6, 6.07) is 0. The zero-order valence-corrected chi connectivity index (χ0v) is 8.72. The predicted molar refractivity (Wildman–Crippen MR) is 44.1 cm³/mol. The first-order valence-corrected chi connectivity index (χ1v) is 5.88. The normalized spacial score (nSPS) is 14.6. The van der Waals surface area contributed by atoms with Crippen LogP contribution < -0.4 is 0 Å². The van der Waals surface area contributed by atoms with Gasteiger partial charge in [-0.05, 0) is 5.41 Å². The van der Waals surface area contributed by atoms with Crippen molar-refractivity contribution in [3.63, 3.8) is 0 Å². The zero-order valence-electron chi connectivity index (χ0n) is 7.15. The van der Waals surface area contributed by atoms with Crippen molar-refractivity contribution >= 4 is 19.7 Å². The van der Waals surface area contributed by atoms with Crippen LogP contribution in [0.3, 0.4) is 0 Å². The van der Waals surface area contributed by atoms with Gasteiger partial charge in [0.15, 0.2) is 0 Å². The minimum absolute atomic E-state index is 0.679. The topological polar surface area (TPSA) is 34.1 Å². The summed E-state index contributed by atoms with van der Waals surface area (Å²) in [6.07, 6.45) is -5.53. The number of hydrogen-bond acceptors (Lipinski definition) is 2. The van der Waals surface area contributed by atoms with Crippen LogP contribution in [0.25, 0.3) is 0 Å². The molecule has 0 aromatic carbocycles. The number of alkyl halides is 3. The molecule has 0 saturated heterocycles. The van der Waals surface area contributed by atoms with Gasteiger partial charge in [0.2, 0.25) is 9.05 Å². The molecule has 7 heteroatoms. The van der Waals surface area contributed by atoms with Gasteiger partial charge in [-0.15, -0.1) is 0 Å². The lowest BCUT2D eigenvalue weighted by Gasteiger charge is -2.23. The van der Waals surface area contributed by atoms with Crippen molar-refractivity contribution in [3.05, 3.63) is 0 Å². The van der Waals surface area contributed by atoms with E-state index in [4.69, 9.17) is 10.7 Å². The van der Waals surface area contributed by atoms with Crippen LogP contribution >= 0.6 is 10.7 Å². The standard InChI is InChI=1S/C6H10ClF3O2S/c1-5(2,3-6(8,9)10)4-13(7,11)12/h3-4H2,1-2H3. The van der Waals surface area contributed by atoms with Gasteiger partial charge in [-0.3, -0.25) is 0 Å². The number of rotatable bonds is 3. The first kappa shape index (κ1) is 13.0. The van der Waals surface area contributed by atoms with Crippen LogP contribution in [0.15, 0.2) is 0 Å². The van der Waals surface area contributed by atoms with Gasteiger partial charge in [0.05, 0.1) is 5.75 Å². The molecule has 0 aliphatic carbocycles. The Balaban J connectivity index is 4.43. The lowest BCUT2D eigenvalue weighted by Crippen LogP contribution is -2.28. The van der Waals surface area contributed by atoms with Crippen LogP contribution in [-0.2, 0) is 9.05 Å². The molecule has 13 heavy (non-hydrogen) atoms. The minimum Gasteiger partial charge on any atom is -0.212 e. The van der Waals surface area contributed by atoms with Gasteiger partial charge in [0.1, 0.15) is 0 Å². The highest BCUT2D eigenvalue weighted by atomic mass is 35.7. The first-order valence-electron chi connectivity index (χ1n) is 3.40. The van der Waals surface area contributed by atoms with E-state index >= 15 is 0 Å². The van der Waals surface area contributed by atoms with Crippen LogP contribution in [0.5, 0.6) is 0 Å². The van der Waals surface area contributed by atoms with E-state index in [9.17, 15) is 21.6 Å². The predicted octanol–water partition coefficient (Wildman–Crippen LogP) is 2.53. The highest BCUT2D eigenvalue weighted by Crippen LogP contribution is 2.34. The lowest BCUT2D eigenvalue weighted by molar-refractivity contribution is -0.151. The van der Waals surface area contributed by atoms with E-state index in [2.05, 4.69) is 0 Å². The van der Waals surface area contributed by atoms with Gasteiger partial charge in [-0.1, -0.05) is 13.8 Å². The fourth-order valence-corrected chi connectivity index (χ4v) is 2.98. The number of hydrogen-bond donors (Lipinski definition) is 0. The van der Waals surface area contributed by atoms with Crippen LogP contribution in [0.2, 0.25) is 0 Å². The molecule has 0 rings (SSSR count). The summed E-state index contributed by atoms with van der Waals surface area (Å²) in [6.45, 7) is 2.42. The average Bonchev–Trinajstić information content (AvgIpc) is 1.43. The molecular weight excluding hydrogens is 229 g/mol. The molecular formula is C6H10ClF3O2S. The third-order valence-electron chi connectivity index (χ3n) is 1.24. The van der Waals surface area contributed by atoms with Crippen LogP contribution in [0.1, 0.15) is 20.3 Å². The van der Waals surface area contributed by atoms with Gasteiger partial charge in [-0.2, -0.15) is 13.2 Å². The molecule has 0 saturated carbocycles. The molecule has 2 nitrogen and oxygen atoms in total. The molecule has 0 aromatic rings. The first-order chi connectivity index (χ1) is 5.41. The molecule has 0 amide bonds. The quantitative estimate of drug-likeness (QED) is 0.708. The molecule has 0 aromatic heterocycles. The van der Waals surface area contributed by atoms with Crippen molar-refractivity contribution in [1.82, 2.24) is 0 Å². The van der Waals surface area contributed by atoms with Crippen LogP contribution in [0, 0.1) is 5.41 Å². The Morgan fingerprint density at radius 3 is 1.85 bits per heavy atom. The summed E-state index contributed by atoms with van der Waals surface area (Å²) < 4.78 is 56.7. The average molecular weight is 239 g/mol. The largest absolute Gasteiger partial charge is 0.389 e. The van der Waals surface area contributed by atoms with Crippen LogP contribution in [0.4, 0.5) is 13.2 Å². The smallest absolute Gasteiger partial charge is 0.212 e. The second kappa shape index (κ2) is 3.65. The zero-order chi connectivity index (χ0) is 10.9. The third-order valence-corrected chi connectivity index (χ3v) is 2.70. The summed E-state index contributed by atoms with van der Waals surface area (Å²) in [5.41, 5.74) is -1.38. The summed E-state index contributed by atoms with van der Waals surface area (Å²) in [5.74, 6) is -0.679. The Morgan fingerprint density at radius 2 is 1.62 bits per heavy atom. The molecule has 0 atom stereocenters. The van der Waals surface area contributed by atoms with Crippen molar-refractivity contribution in [3.8, 4) is 0 Å². The maximum atomic E-state index is 11.9. The van der Waals surface area contributed by atoms with Crippen LogP contribution in [-0.4, -0.2) is 20.3 Å². The Hall–Kier alpha value is 0.0300. The van der Waals surface area contributed by atoms with Crippen molar-refractivity contribution in [2.45, 2.75) is 26.4 Å². The lowest BCUT2D eigenvalue weighted by atomic mass is 9.92. The Bertz CT molecular complexity index is 268. The van der Waals surface area contributed by atoms with Crippen molar-refractivity contribution in [2.75, 3.05) is 5.75 Å². The second-order valence-electron chi connectivity index (χ2n) is 3.64. The van der Waals surface area contributed by atoms with Gasteiger partial charge in [-0.25, -0.2) is 8.42 Å². The van der Waals surface area contributed by atoms with Crippen molar-refractivity contribution in [1.29, 1.82) is 0 Å². The highest BCUT2D eigenvalue weighted by molar-refractivity contribution is 8.13. The van der Waals surface area contributed by atoms with E-state index in [1.165, 1.54) is 13.8 Å². The van der Waals surface area contributed by atoms with Gasteiger partial charge in [0, 0.05) is 17.1 Å². The summed E-state index contributed by atoms with van der Waals surface area (Å²) in [5, 5.41) is 0. The SMILES string of the molecule is CC(C)(CC(F)(F)F)CS(=O)(=O)Cl.